The lowest BCUT2D eigenvalue weighted by molar-refractivity contribution is 0.0684. The van der Waals surface area contributed by atoms with Crippen LogP contribution < -0.4 is 0 Å². The van der Waals surface area contributed by atoms with E-state index in [1.54, 1.807) is 0 Å². The Morgan fingerprint density at radius 2 is 1.73 bits per heavy atom. The van der Waals surface area contributed by atoms with Gasteiger partial charge < -0.3 is 14.6 Å². The van der Waals surface area contributed by atoms with Crippen LogP contribution >= 0.6 is 0 Å². The molecule has 2 aromatic heterocycles. The third-order valence-electron chi connectivity index (χ3n) is 3.36. The van der Waals surface area contributed by atoms with E-state index in [1.165, 1.54) is 22.7 Å². The lowest BCUT2D eigenvalue weighted by atomic mass is 10.1. The second-order valence-electron chi connectivity index (χ2n) is 4.82. The van der Waals surface area contributed by atoms with E-state index in [1.807, 2.05) is 30.3 Å². The van der Waals surface area contributed by atoms with Gasteiger partial charge in [-0.15, -0.1) is 0 Å². The maximum atomic E-state index is 11.3. The average molecular weight is 296 g/mol. The number of hydrogen-bond donors (Lipinski definition) is 2. The fraction of sp³-hybridized carbons (Fsp3) is 0.0625. The van der Waals surface area contributed by atoms with Gasteiger partial charge in [0.05, 0.1) is 11.1 Å². The average Bonchev–Trinajstić information content (AvgIpc) is 2.86. The molecule has 22 heavy (non-hydrogen) atoms. The molecule has 6 heteroatoms. The summed E-state index contributed by atoms with van der Waals surface area (Å²) in [6, 6.07) is 12.3. The number of carboxylic acids is 2. The minimum atomic E-state index is -1.14. The van der Waals surface area contributed by atoms with Crippen LogP contribution in [0.5, 0.6) is 0 Å². The Morgan fingerprint density at radius 3 is 2.36 bits per heavy atom. The highest BCUT2D eigenvalue weighted by Gasteiger charge is 2.18. The molecule has 2 heterocycles. The summed E-state index contributed by atoms with van der Waals surface area (Å²) >= 11 is 0. The van der Waals surface area contributed by atoms with Crippen LogP contribution in [0, 0.1) is 0 Å². The molecule has 3 rings (SSSR count). The Bertz CT molecular complexity index is 868. The summed E-state index contributed by atoms with van der Waals surface area (Å²) in [5, 5.41) is 18.3. The Balaban J connectivity index is 2.17. The highest BCUT2D eigenvalue weighted by molar-refractivity contribution is 5.95. The number of benzene rings is 1. The zero-order chi connectivity index (χ0) is 15.7. The molecule has 1 aromatic carbocycles. The Kier molecular flexibility index (Phi) is 3.34. The number of imidazole rings is 1. The normalized spacial score (nSPS) is 10.7. The number of hydrogen-bond acceptors (Lipinski definition) is 3. The number of fused-ring (bicyclic) bond motifs is 1. The van der Waals surface area contributed by atoms with Gasteiger partial charge in [-0.25, -0.2) is 14.6 Å². The van der Waals surface area contributed by atoms with Gasteiger partial charge in [0, 0.05) is 12.6 Å². The van der Waals surface area contributed by atoms with Crippen LogP contribution in [0.2, 0.25) is 0 Å². The van der Waals surface area contributed by atoms with Crippen molar-refractivity contribution in [1.82, 2.24) is 9.38 Å². The van der Waals surface area contributed by atoms with Crippen molar-refractivity contribution in [2.45, 2.75) is 6.42 Å². The van der Waals surface area contributed by atoms with Gasteiger partial charge in [-0.2, -0.15) is 0 Å². The summed E-state index contributed by atoms with van der Waals surface area (Å²) in [4.78, 5) is 26.6. The molecule has 2 N–H and O–H groups in total. The molecule has 3 aromatic rings. The van der Waals surface area contributed by atoms with E-state index in [0.29, 0.717) is 17.8 Å². The number of nitrogens with zero attached hydrogens (tertiary/aromatic N) is 2. The van der Waals surface area contributed by atoms with E-state index < -0.39 is 11.9 Å². The summed E-state index contributed by atoms with van der Waals surface area (Å²) in [6.07, 6.45) is 1.81. The molecule has 0 aliphatic carbocycles. The lowest BCUT2D eigenvalue weighted by Gasteiger charge is -2.03. The van der Waals surface area contributed by atoms with Crippen molar-refractivity contribution in [2.75, 3.05) is 0 Å². The number of aromatic nitrogens is 2. The lowest BCUT2D eigenvalue weighted by Crippen LogP contribution is -2.02. The van der Waals surface area contributed by atoms with Crippen LogP contribution in [0.15, 0.2) is 48.7 Å². The predicted molar refractivity (Wildman–Crippen MR) is 78.4 cm³/mol. The summed E-state index contributed by atoms with van der Waals surface area (Å²) in [6.45, 7) is 0. The summed E-state index contributed by atoms with van der Waals surface area (Å²) < 4.78 is 1.53. The Labute approximate surface area is 125 Å². The summed E-state index contributed by atoms with van der Waals surface area (Å²) in [5.74, 6) is -1.72. The van der Waals surface area contributed by atoms with Gasteiger partial charge in [-0.3, -0.25) is 0 Å². The van der Waals surface area contributed by atoms with E-state index in [0.717, 1.165) is 5.56 Å². The van der Waals surface area contributed by atoms with Gasteiger partial charge in [0.2, 0.25) is 0 Å². The van der Waals surface area contributed by atoms with Gasteiger partial charge in [-0.05, 0) is 17.7 Å². The van der Waals surface area contributed by atoms with E-state index >= 15 is 0 Å². The van der Waals surface area contributed by atoms with E-state index in [-0.39, 0.29) is 11.3 Å². The molecule has 0 bridgehead atoms. The number of rotatable bonds is 4. The van der Waals surface area contributed by atoms with Crippen molar-refractivity contribution in [3.63, 3.8) is 0 Å². The minimum Gasteiger partial charge on any atom is -0.478 e. The summed E-state index contributed by atoms with van der Waals surface area (Å²) in [7, 11) is 0. The van der Waals surface area contributed by atoms with E-state index in [9.17, 15) is 14.7 Å². The SMILES string of the molecule is O=C(O)c1ccc2c(C(=O)O)nc(Cc3ccccc3)n2c1. The molecule has 110 valence electrons. The first kappa shape index (κ1) is 13.8. The van der Waals surface area contributed by atoms with Crippen LogP contribution in [-0.4, -0.2) is 31.5 Å². The highest BCUT2D eigenvalue weighted by Crippen LogP contribution is 2.18. The maximum Gasteiger partial charge on any atom is 0.356 e. The number of carbonyl (C=O) groups is 2. The molecule has 6 nitrogen and oxygen atoms in total. The van der Waals surface area contributed by atoms with Crippen LogP contribution in [0.25, 0.3) is 5.52 Å². The molecule has 0 radical (unpaired) electrons. The zero-order valence-corrected chi connectivity index (χ0v) is 11.4. The van der Waals surface area contributed by atoms with Crippen molar-refractivity contribution >= 4 is 17.5 Å². The van der Waals surface area contributed by atoms with Gasteiger partial charge >= 0.3 is 11.9 Å². The molecule has 0 aliphatic rings. The van der Waals surface area contributed by atoms with Crippen molar-refractivity contribution in [2.24, 2.45) is 0 Å². The standard InChI is InChI=1S/C16H12N2O4/c19-15(20)11-6-7-12-14(16(21)22)17-13(18(12)9-11)8-10-4-2-1-3-5-10/h1-7,9H,8H2,(H,19,20)(H,21,22). The fourth-order valence-corrected chi connectivity index (χ4v) is 2.33. The van der Waals surface area contributed by atoms with Gasteiger partial charge in [0.25, 0.3) is 0 Å². The molecular weight excluding hydrogens is 284 g/mol. The van der Waals surface area contributed by atoms with Crippen molar-refractivity contribution in [1.29, 1.82) is 0 Å². The zero-order valence-electron chi connectivity index (χ0n) is 11.4. The van der Waals surface area contributed by atoms with Crippen LogP contribution in [0.3, 0.4) is 0 Å². The monoisotopic (exact) mass is 296 g/mol. The molecule has 0 spiro atoms. The second-order valence-corrected chi connectivity index (χ2v) is 4.82. The molecule has 0 saturated heterocycles. The first-order valence-corrected chi connectivity index (χ1v) is 6.58. The molecular formula is C16H12N2O4. The predicted octanol–water partition coefficient (Wildman–Crippen LogP) is 2.32. The van der Waals surface area contributed by atoms with Crippen LogP contribution in [-0.2, 0) is 6.42 Å². The molecule has 0 unspecified atom stereocenters. The molecule has 0 atom stereocenters. The van der Waals surface area contributed by atoms with Gasteiger partial charge in [0.1, 0.15) is 5.82 Å². The Hall–Kier alpha value is -3.15. The molecule has 0 fully saturated rings. The third kappa shape index (κ3) is 2.42. The third-order valence-corrected chi connectivity index (χ3v) is 3.36. The highest BCUT2D eigenvalue weighted by atomic mass is 16.4. The quantitative estimate of drug-likeness (QED) is 0.771. The number of aromatic carboxylic acids is 2. The first-order chi connectivity index (χ1) is 10.6. The van der Waals surface area contributed by atoms with Gasteiger partial charge in [0.15, 0.2) is 5.69 Å². The maximum absolute atomic E-state index is 11.3. The first-order valence-electron chi connectivity index (χ1n) is 6.58. The number of pyridine rings is 1. The molecule has 0 aliphatic heterocycles. The fourth-order valence-electron chi connectivity index (χ4n) is 2.33. The van der Waals surface area contributed by atoms with Crippen molar-refractivity contribution < 1.29 is 19.8 Å². The van der Waals surface area contributed by atoms with E-state index in [2.05, 4.69) is 4.98 Å². The van der Waals surface area contributed by atoms with Crippen LogP contribution in [0.1, 0.15) is 32.2 Å². The van der Waals surface area contributed by atoms with E-state index in [4.69, 9.17) is 5.11 Å². The summed E-state index contributed by atoms with van der Waals surface area (Å²) in [5.41, 5.74) is 1.34. The van der Waals surface area contributed by atoms with Crippen LogP contribution in [0.4, 0.5) is 0 Å². The smallest absolute Gasteiger partial charge is 0.356 e. The van der Waals surface area contributed by atoms with Crippen molar-refractivity contribution in [3.05, 3.63) is 71.3 Å². The largest absolute Gasteiger partial charge is 0.478 e. The molecule has 0 amide bonds. The second kappa shape index (κ2) is 5.33. The molecule has 0 saturated carbocycles. The van der Waals surface area contributed by atoms with Crippen molar-refractivity contribution in [3.8, 4) is 0 Å². The number of carboxylic acid groups (broad SMARTS) is 2. The van der Waals surface area contributed by atoms with Gasteiger partial charge in [-0.1, -0.05) is 30.3 Å². The Morgan fingerprint density at radius 1 is 1.00 bits per heavy atom. The topological polar surface area (TPSA) is 91.9 Å². The minimum absolute atomic E-state index is 0.0798.